The number of carbonyl (C=O) groups is 2. The van der Waals surface area contributed by atoms with Crippen LogP contribution in [-0.4, -0.2) is 34.5 Å². The first kappa shape index (κ1) is 15.1. The van der Waals surface area contributed by atoms with E-state index in [9.17, 15) is 19.1 Å². The molecule has 116 valence electrons. The first-order valence-corrected chi connectivity index (χ1v) is 7.14. The summed E-state index contributed by atoms with van der Waals surface area (Å²) in [5.41, 5.74) is 0.952. The van der Waals surface area contributed by atoms with E-state index >= 15 is 0 Å². The molecule has 0 spiro atoms. The first-order chi connectivity index (χ1) is 11.1. The molecule has 1 aliphatic heterocycles. The maximum absolute atomic E-state index is 13.6. The molecular formula is C18H14FNO3. The summed E-state index contributed by atoms with van der Waals surface area (Å²) < 4.78 is 13.6. The van der Waals surface area contributed by atoms with Crippen molar-refractivity contribution < 1.29 is 19.1 Å². The van der Waals surface area contributed by atoms with E-state index in [1.165, 1.54) is 18.2 Å². The summed E-state index contributed by atoms with van der Waals surface area (Å²) in [6.07, 6.45) is 2.92. The number of hydrogen-bond acceptors (Lipinski definition) is 3. The quantitative estimate of drug-likeness (QED) is 0.883. The topological polar surface area (TPSA) is 57.6 Å². The van der Waals surface area contributed by atoms with Crippen LogP contribution in [0.1, 0.15) is 26.3 Å². The predicted octanol–water partition coefficient (Wildman–Crippen LogP) is 2.50. The largest absolute Gasteiger partial charge is 0.394 e. The molecule has 5 heteroatoms. The first-order valence-electron chi connectivity index (χ1n) is 7.14. The second kappa shape index (κ2) is 6.14. The molecule has 4 nitrogen and oxygen atoms in total. The zero-order valence-electron chi connectivity index (χ0n) is 12.1. The van der Waals surface area contributed by atoms with Crippen LogP contribution >= 0.6 is 0 Å². The van der Waals surface area contributed by atoms with Gasteiger partial charge in [0.25, 0.3) is 11.8 Å². The fourth-order valence-electron chi connectivity index (χ4n) is 2.56. The van der Waals surface area contributed by atoms with Crippen molar-refractivity contribution in [2.45, 2.75) is 6.04 Å². The van der Waals surface area contributed by atoms with Crippen molar-refractivity contribution in [3.05, 3.63) is 77.1 Å². The molecule has 0 aromatic heterocycles. The van der Waals surface area contributed by atoms with E-state index in [4.69, 9.17) is 0 Å². The summed E-state index contributed by atoms with van der Waals surface area (Å²) in [6, 6.07) is 11.8. The minimum absolute atomic E-state index is 0.315. The lowest BCUT2D eigenvalue weighted by Crippen LogP contribution is -2.40. The van der Waals surface area contributed by atoms with Gasteiger partial charge in [-0.1, -0.05) is 42.5 Å². The molecule has 2 amide bonds. The summed E-state index contributed by atoms with van der Waals surface area (Å²) >= 11 is 0. The Kier molecular flexibility index (Phi) is 4.04. The van der Waals surface area contributed by atoms with Gasteiger partial charge in [-0.05, 0) is 18.2 Å². The van der Waals surface area contributed by atoms with Crippen molar-refractivity contribution in [1.29, 1.82) is 0 Å². The van der Waals surface area contributed by atoms with Crippen LogP contribution in [0, 0.1) is 5.82 Å². The van der Waals surface area contributed by atoms with E-state index in [-0.39, 0.29) is 0 Å². The molecule has 0 unspecified atom stereocenters. The number of fused-ring (bicyclic) bond motifs is 1. The van der Waals surface area contributed by atoms with Gasteiger partial charge in [0, 0.05) is 5.56 Å². The second-order valence-electron chi connectivity index (χ2n) is 5.16. The molecule has 0 radical (unpaired) electrons. The van der Waals surface area contributed by atoms with Gasteiger partial charge in [0.15, 0.2) is 0 Å². The Balaban J connectivity index is 1.90. The standard InChI is InChI=1S/C18H14FNO3/c19-16-8-4-1-5-12(16)9-10-13(11-21)20-17(22)14-6-2-3-7-15(14)18(20)23/h1-10,13,21H,11H2/b10-9+/t13-/m1/s1. The van der Waals surface area contributed by atoms with Crippen LogP contribution in [0.2, 0.25) is 0 Å². The van der Waals surface area contributed by atoms with Crippen molar-refractivity contribution in [2.75, 3.05) is 6.61 Å². The fourth-order valence-corrected chi connectivity index (χ4v) is 2.56. The summed E-state index contributed by atoms with van der Waals surface area (Å²) in [5.74, 6) is -1.33. The van der Waals surface area contributed by atoms with Crippen molar-refractivity contribution in [2.24, 2.45) is 0 Å². The molecule has 0 fully saturated rings. The Morgan fingerprint density at radius 3 is 2.13 bits per heavy atom. The number of rotatable bonds is 4. The summed E-state index contributed by atoms with van der Waals surface area (Å²) in [6.45, 7) is -0.434. The number of benzene rings is 2. The monoisotopic (exact) mass is 311 g/mol. The van der Waals surface area contributed by atoms with Crippen LogP contribution in [0.4, 0.5) is 4.39 Å². The van der Waals surface area contributed by atoms with E-state index in [1.807, 2.05) is 0 Å². The summed E-state index contributed by atoms with van der Waals surface area (Å²) in [5, 5.41) is 9.56. The Labute approximate surface area is 132 Å². The molecule has 23 heavy (non-hydrogen) atoms. The third-order valence-corrected chi connectivity index (χ3v) is 3.75. The zero-order valence-corrected chi connectivity index (χ0v) is 12.1. The van der Waals surface area contributed by atoms with Gasteiger partial charge >= 0.3 is 0 Å². The van der Waals surface area contributed by atoms with Gasteiger partial charge in [-0.15, -0.1) is 0 Å². The van der Waals surface area contributed by atoms with Crippen molar-refractivity contribution in [3.8, 4) is 0 Å². The molecule has 1 atom stereocenters. The maximum atomic E-state index is 13.6. The lowest BCUT2D eigenvalue weighted by atomic mass is 10.1. The summed E-state index contributed by atoms with van der Waals surface area (Å²) in [7, 11) is 0. The molecule has 3 rings (SSSR count). The number of carbonyl (C=O) groups excluding carboxylic acids is 2. The lowest BCUT2D eigenvalue weighted by molar-refractivity contribution is 0.0565. The highest BCUT2D eigenvalue weighted by Crippen LogP contribution is 2.25. The average molecular weight is 311 g/mol. The van der Waals surface area contributed by atoms with E-state index < -0.39 is 30.3 Å². The Bertz CT molecular complexity index is 765. The molecule has 0 saturated carbocycles. The molecule has 1 heterocycles. The second-order valence-corrected chi connectivity index (χ2v) is 5.16. The van der Waals surface area contributed by atoms with E-state index in [0.717, 1.165) is 4.90 Å². The third-order valence-electron chi connectivity index (χ3n) is 3.75. The highest BCUT2D eigenvalue weighted by Gasteiger charge is 2.38. The average Bonchev–Trinajstić information content (AvgIpc) is 2.82. The van der Waals surface area contributed by atoms with Gasteiger partial charge in [0.2, 0.25) is 0 Å². The number of amides is 2. The molecule has 0 bridgehead atoms. The maximum Gasteiger partial charge on any atom is 0.262 e. The molecular weight excluding hydrogens is 297 g/mol. The minimum Gasteiger partial charge on any atom is -0.394 e. The number of nitrogens with zero attached hydrogens (tertiary/aromatic N) is 1. The van der Waals surface area contributed by atoms with Gasteiger partial charge in [-0.3, -0.25) is 14.5 Å². The number of aliphatic hydroxyl groups is 1. The summed E-state index contributed by atoms with van der Waals surface area (Å²) in [4.78, 5) is 25.7. The van der Waals surface area contributed by atoms with Gasteiger partial charge < -0.3 is 5.11 Å². The van der Waals surface area contributed by atoms with Crippen molar-refractivity contribution in [3.63, 3.8) is 0 Å². The number of hydrogen-bond donors (Lipinski definition) is 1. The Morgan fingerprint density at radius 2 is 1.57 bits per heavy atom. The Morgan fingerprint density at radius 1 is 1.00 bits per heavy atom. The van der Waals surface area contributed by atoms with Crippen LogP contribution < -0.4 is 0 Å². The van der Waals surface area contributed by atoms with Crippen LogP contribution in [0.25, 0.3) is 6.08 Å². The van der Waals surface area contributed by atoms with E-state index in [1.54, 1.807) is 42.5 Å². The minimum atomic E-state index is -0.845. The van der Waals surface area contributed by atoms with E-state index in [2.05, 4.69) is 0 Å². The van der Waals surface area contributed by atoms with Crippen LogP contribution in [-0.2, 0) is 0 Å². The smallest absolute Gasteiger partial charge is 0.262 e. The van der Waals surface area contributed by atoms with Crippen molar-refractivity contribution >= 4 is 17.9 Å². The highest BCUT2D eigenvalue weighted by molar-refractivity contribution is 6.21. The number of imide groups is 1. The Hall–Kier alpha value is -2.79. The molecule has 2 aromatic rings. The normalized spacial score (nSPS) is 15.3. The van der Waals surface area contributed by atoms with E-state index in [0.29, 0.717) is 16.7 Å². The molecule has 1 N–H and O–H groups in total. The van der Waals surface area contributed by atoms with Crippen LogP contribution in [0.5, 0.6) is 0 Å². The molecule has 1 aliphatic rings. The predicted molar refractivity (Wildman–Crippen MR) is 83.2 cm³/mol. The number of halogens is 1. The molecule has 0 saturated heterocycles. The van der Waals surface area contributed by atoms with Crippen molar-refractivity contribution in [1.82, 2.24) is 4.90 Å². The molecule has 2 aromatic carbocycles. The third kappa shape index (κ3) is 2.66. The lowest BCUT2D eigenvalue weighted by Gasteiger charge is -2.21. The SMILES string of the molecule is O=C1c2ccccc2C(=O)N1[C@H](/C=C/c1ccccc1F)CO. The zero-order chi connectivity index (χ0) is 16.4. The molecule has 0 aliphatic carbocycles. The highest BCUT2D eigenvalue weighted by atomic mass is 19.1. The van der Waals surface area contributed by atoms with Gasteiger partial charge in [0.05, 0.1) is 23.8 Å². The van der Waals surface area contributed by atoms with Gasteiger partial charge in [-0.25, -0.2) is 4.39 Å². The van der Waals surface area contributed by atoms with Gasteiger partial charge in [-0.2, -0.15) is 0 Å². The van der Waals surface area contributed by atoms with Crippen LogP contribution in [0.15, 0.2) is 54.6 Å². The number of aliphatic hydroxyl groups excluding tert-OH is 1. The van der Waals surface area contributed by atoms with Gasteiger partial charge in [0.1, 0.15) is 5.82 Å². The van der Waals surface area contributed by atoms with Crippen LogP contribution in [0.3, 0.4) is 0 Å². The fraction of sp³-hybridized carbons (Fsp3) is 0.111.